The molecule has 3 atom stereocenters. The maximum Gasteiger partial charge on any atom is 0.320 e. The quantitative estimate of drug-likeness (QED) is 0.546. The first-order valence-corrected chi connectivity index (χ1v) is 4.16. The van der Waals surface area contributed by atoms with Crippen LogP contribution in [0.3, 0.4) is 0 Å². The lowest BCUT2D eigenvalue weighted by molar-refractivity contribution is -0.142. The molecular formula is C8H15NO3. The van der Waals surface area contributed by atoms with Gasteiger partial charge in [0, 0.05) is 5.92 Å². The molecule has 0 radical (unpaired) electrons. The van der Waals surface area contributed by atoms with Crippen molar-refractivity contribution < 1.29 is 15.0 Å². The van der Waals surface area contributed by atoms with Crippen molar-refractivity contribution in [2.24, 2.45) is 11.7 Å². The minimum Gasteiger partial charge on any atom is -0.480 e. The van der Waals surface area contributed by atoms with Gasteiger partial charge < -0.3 is 15.9 Å². The zero-order chi connectivity index (χ0) is 9.35. The smallest absolute Gasteiger partial charge is 0.320 e. The van der Waals surface area contributed by atoms with Crippen LogP contribution in [0.4, 0.5) is 0 Å². The van der Waals surface area contributed by atoms with E-state index in [2.05, 4.69) is 0 Å². The fourth-order valence-corrected chi connectivity index (χ4v) is 1.91. The highest BCUT2D eigenvalue weighted by Gasteiger charge is 2.42. The molecule has 2 unspecified atom stereocenters. The van der Waals surface area contributed by atoms with Crippen LogP contribution in [0.1, 0.15) is 26.2 Å². The summed E-state index contributed by atoms with van der Waals surface area (Å²) in [5, 5.41) is 18.4. The monoisotopic (exact) mass is 173 g/mol. The average molecular weight is 173 g/mol. The van der Waals surface area contributed by atoms with Gasteiger partial charge in [-0.1, -0.05) is 6.42 Å². The second kappa shape index (κ2) is 3.03. The molecule has 1 aliphatic carbocycles. The second-order valence-corrected chi connectivity index (χ2v) is 3.72. The predicted molar refractivity (Wildman–Crippen MR) is 43.6 cm³/mol. The third-order valence-corrected chi connectivity index (χ3v) is 2.72. The Kier molecular flexibility index (Phi) is 2.39. The van der Waals surface area contributed by atoms with Crippen LogP contribution >= 0.6 is 0 Å². The highest BCUT2D eigenvalue weighted by Crippen LogP contribution is 2.36. The SMILES string of the molecule is CC1(O)CCCC1[C@H](N)C(=O)O. The summed E-state index contributed by atoms with van der Waals surface area (Å²) in [5.41, 5.74) is 4.55. The Balaban J connectivity index is 2.68. The van der Waals surface area contributed by atoms with Gasteiger partial charge in [-0.2, -0.15) is 0 Å². The van der Waals surface area contributed by atoms with E-state index in [0.717, 1.165) is 6.42 Å². The Morgan fingerprint density at radius 3 is 2.67 bits per heavy atom. The van der Waals surface area contributed by atoms with Crippen LogP contribution in [0.25, 0.3) is 0 Å². The summed E-state index contributed by atoms with van der Waals surface area (Å²) in [4.78, 5) is 10.5. The van der Waals surface area contributed by atoms with Crippen molar-refractivity contribution in [2.45, 2.75) is 37.8 Å². The van der Waals surface area contributed by atoms with Crippen molar-refractivity contribution in [3.05, 3.63) is 0 Å². The van der Waals surface area contributed by atoms with E-state index in [0.29, 0.717) is 12.8 Å². The fraction of sp³-hybridized carbons (Fsp3) is 0.875. The molecule has 4 N–H and O–H groups in total. The molecule has 0 spiro atoms. The molecule has 0 heterocycles. The minimum absolute atomic E-state index is 0.296. The van der Waals surface area contributed by atoms with Crippen molar-refractivity contribution in [1.82, 2.24) is 0 Å². The van der Waals surface area contributed by atoms with Crippen LogP contribution in [0, 0.1) is 5.92 Å². The molecule has 0 saturated heterocycles. The number of rotatable bonds is 2. The van der Waals surface area contributed by atoms with Gasteiger partial charge in [0.05, 0.1) is 5.60 Å². The highest BCUT2D eigenvalue weighted by atomic mass is 16.4. The third kappa shape index (κ3) is 1.59. The van der Waals surface area contributed by atoms with E-state index in [1.54, 1.807) is 6.92 Å². The number of aliphatic carboxylic acids is 1. The van der Waals surface area contributed by atoms with Gasteiger partial charge >= 0.3 is 5.97 Å². The molecule has 0 amide bonds. The van der Waals surface area contributed by atoms with Crippen molar-refractivity contribution >= 4 is 5.97 Å². The van der Waals surface area contributed by atoms with Gasteiger partial charge in [-0.15, -0.1) is 0 Å². The van der Waals surface area contributed by atoms with Gasteiger partial charge in [-0.05, 0) is 19.8 Å². The van der Waals surface area contributed by atoms with Crippen molar-refractivity contribution in [1.29, 1.82) is 0 Å². The number of aliphatic hydroxyl groups is 1. The molecule has 4 heteroatoms. The van der Waals surface area contributed by atoms with Gasteiger partial charge in [-0.3, -0.25) is 4.79 Å². The van der Waals surface area contributed by atoms with Crippen LogP contribution < -0.4 is 5.73 Å². The Morgan fingerprint density at radius 2 is 2.33 bits per heavy atom. The molecule has 70 valence electrons. The number of hydrogen-bond acceptors (Lipinski definition) is 3. The number of carboxylic acids is 1. The zero-order valence-corrected chi connectivity index (χ0v) is 7.16. The summed E-state index contributed by atoms with van der Waals surface area (Å²) in [7, 11) is 0. The Morgan fingerprint density at radius 1 is 1.75 bits per heavy atom. The minimum atomic E-state index is -1.03. The lowest BCUT2D eigenvalue weighted by Gasteiger charge is -2.28. The molecule has 0 aromatic heterocycles. The highest BCUT2D eigenvalue weighted by molar-refractivity contribution is 5.73. The van der Waals surface area contributed by atoms with Crippen LogP contribution in [-0.2, 0) is 4.79 Å². The molecule has 0 aromatic carbocycles. The standard InChI is InChI=1S/C8H15NO3/c1-8(12)4-2-3-5(8)6(9)7(10)11/h5-6,12H,2-4,9H2,1H3,(H,10,11)/t5?,6-,8?/m0/s1. The summed E-state index contributed by atoms with van der Waals surface area (Å²) < 4.78 is 0. The van der Waals surface area contributed by atoms with E-state index in [-0.39, 0.29) is 5.92 Å². The van der Waals surface area contributed by atoms with Gasteiger partial charge in [0.25, 0.3) is 0 Å². The normalized spacial score (nSPS) is 38.1. The molecule has 0 aromatic rings. The van der Waals surface area contributed by atoms with E-state index in [9.17, 15) is 9.90 Å². The average Bonchev–Trinajstić information content (AvgIpc) is 2.27. The maximum atomic E-state index is 10.5. The topological polar surface area (TPSA) is 83.5 Å². The van der Waals surface area contributed by atoms with Crippen LogP contribution in [0.15, 0.2) is 0 Å². The Hall–Kier alpha value is -0.610. The summed E-state index contributed by atoms with van der Waals surface area (Å²) in [5.74, 6) is -1.32. The summed E-state index contributed by atoms with van der Waals surface area (Å²) in [6.07, 6.45) is 2.22. The van der Waals surface area contributed by atoms with Crippen LogP contribution in [-0.4, -0.2) is 27.8 Å². The lowest BCUT2D eigenvalue weighted by atomic mass is 9.87. The zero-order valence-electron chi connectivity index (χ0n) is 7.16. The van der Waals surface area contributed by atoms with Crippen LogP contribution in [0.2, 0.25) is 0 Å². The van der Waals surface area contributed by atoms with Crippen molar-refractivity contribution in [2.75, 3.05) is 0 Å². The molecule has 0 aliphatic heterocycles. The van der Waals surface area contributed by atoms with Gasteiger partial charge in [0.15, 0.2) is 0 Å². The number of carbonyl (C=O) groups is 1. The molecule has 4 nitrogen and oxygen atoms in total. The fourth-order valence-electron chi connectivity index (χ4n) is 1.91. The van der Waals surface area contributed by atoms with Gasteiger partial charge in [0.2, 0.25) is 0 Å². The van der Waals surface area contributed by atoms with Crippen molar-refractivity contribution in [3.8, 4) is 0 Å². The maximum absolute atomic E-state index is 10.5. The van der Waals surface area contributed by atoms with E-state index >= 15 is 0 Å². The molecule has 1 aliphatic rings. The number of carboxylic acid groups (broad SMARTS) is 1. The Labute approximate surface area is 71.4 Å². The van der Waals surface area contributed by atoms with Crippen LogP contribution in [0.5, 0.6) is 0 Å². The summed E-state index contributed by atoms with van der Waals surface area (Å²) in [6.45, 7) is 1.66. The van der Waals surface area contributed by atoms with Crippen molar-refractivity contribution in [3.63, 3.8) is 0 Å². The lowest BCUT2D eigenvalue weighted by Crippen LogP contribution is -2.46. The third-order valence-electron chi connectivity index (χ3n) is 2.72. The summed E-state index contributed by atoms with van der Waals surface area (Å²) in [6, 6.07) is -0.928. The first-order chi connectivity index (χ1) is 5.45. The molecule has 1 fully saturated rings. The number of nitrogens with two attached hydrogens (primary N) is 1. The molecule has 1 saturated carbocycles. The molecular weight excluding hydrogens is 158 g/mol. The largest absolute Gasteiger partial charge is 0.480 e. The van der Waals surface area contributed by atoms with E-state index < -0.39 is 17.6 Å². The van der Waals surface area contributed by atoms with E-state index in [4.69, 9.17) is 10.8 Å². The molecule has 0 bridgehead atoms. The second-order valence-electron chi connectivity index (χ2n) is 3.72. The first kappa shape index (κ1) is 9.48. The van der Waals surface area contributed by atoms with Gasteiger partial charge in [0.1, 0.15) is 6.04 Å². The Bertz CT molecular complexity index is 191. The predicted octanol–water partition coefficient (Wildman–Crippen LogP) is -0.0506. The molecule has 12 heavy (non-hydrogen) atoms. The molecule has 1 rings (SSSR count). The number of hydrogen-bond donors (Lipinski definition) is 3. The summed E-state index contributed by atoms with van der Waals surface area (Å²) >= 11 is 0. The van der Waals surface area contributed by atoms with E-state index in [1.807, 2.05) is 0 Å². The van der Waals surface area contributed by atoms with E-state index in [1.165, 1.54) is 0 Å². The van der Waals surface area contributed by atoms with Gasteiger partial charge in [-0.25, -0.2) is 0 Å². The first-order valence-electron chi connectivity index (χ1n) is 4.16.